The van der Waals surface area contributed by atoms with E-state index in [1.165, 1.54) is 18.2 Å². The number of H-pyrrole nitrogens is 1. The molecule has 0 amide bonds. The summed E-state index contributed by atoms with van der Waals surface area (Å²) in [5.41, 5.74) is 1.37. The summed E-state index contributed by atoms with van der Waals surface area (Å²) in [6.45, 7) is -1.23. The molecule has 2 N–H and O–H groups in total. The number of benzene rings is 2. The zero-order chi connectivity index (χ0) is 27.5. The lowest BCUT2D eigenvalue weighted by Gasteiger charge is -2.31. The Kier molecular flexibility index (Phi) is 7.89. The number of hydrogen-bond donors (Lipinski definition) is 2. The van der Waals surface area contributed by atoms with Gasteiger partial charge >= 0.3 is 12.6 Å². The predicted octanol–water partition coefficient (Wildman–Crippen LogP) is 6.01. The molecular weight excluding hydrogens is 537 g/mol. The number of nitrogens with zero attached hydrogens (tertiary/aromatic N) is 3. The summed E-state index contributed by atoms with van der Waals surface area (Å²) in [7, 11) is 0. The Labute approximate surface area is 226 Å². The fraction of sp³-hybridized carbons (Fsp3) is 0.296. The number of pyridine rings is 1. The summed E-state index contributed by atoms with van der Waals surface area (Å²) in [5, 5.41) is 9.66. The van der Waals surface area contributed by atoms with Crippen LogP contribution in [-0.4, -0.2) is 50.6 Å². The van der Waals surface area contributed by atoms with Gasteiger partial charge in [0.05, 0.1) is 12.1 Å². The van der Waals surface area contributed by atoms with Crippen LogP contribution < -0.4 is 9.47 Å². The van der Waals surface area contributed by atoms with Crippen molar-refractivity contribution in [2.24, 2.45) is 0 Å². The molecule has 0 aliphatic carbocycles. The molecule has 0 saturated carbocycles. The van der Waals surface area contributed by atoms with E-state index in [-0.39, 0.29) is 23.6 Å². The maximum absolute atomic E-state index is 14.0. The minimum Gasteiger partial charge on any atom is -0.478 e. The van der Waals surface area contributed by atoms with Crippen molar-refractivity contribution >= 4 is 28.6 Å². The van der Waals surface area contributed by atoms with Crippen LogP contribution in [0.15, 0.2) is 48.5 Å². The zero-order valence-corrected chi connectivity index (χ0v) is 21.3. The lowest BCUT2D eigenvalue weighted by molar-refractivity contribution is -0.0493. The van der Waals surface area contributed by atoms with E-state index in [0.29, 0.717) is 34.4 Å². The van der Waals surface area contributed by atoms with Gasteiger partial charge in [-0.25, -0.2) is 19.2 Å². The smallest absolute Gasteiger partial charge is 0.387 e. The van der Waals surface area contributed by atoms with Crippen molar-refractivity contribution in [1.82, 2.24) is 19.9 Å². The van der Waals surface area contributed by atoms with Crippen molar-refractivity contribution in [2.75, 3.05) is 13.1 Å². The van der Waals surface area contributed by atoms with Gasteiger partial charge in [-0.3, -0.25) is 4.90 Å². The Morgan fingerprint density at radius 1 is 1.15 bits per heavy atom. The summed E-state index contributed by atoms with van der Waals surface area (Å²) in [4.78, 5) is 25.7. The number of ether oxygens (including phenoxy) is 2. The number of carbonyl (C=O) groups is 1. The molecule has 0 unspecified atom stereocenters. The van der Waals surface area contributed by atoms with E-state index in [0.717, 1.165) is 31.6 Å². The van der Waals surface area contributed by atoms with Gasteiger partial charge in [0.15, 0.2) is 5.75 Å². The number of fused-ring (bicyclic) bond motifs is 1. The van der Waals surface area contributed by atoms with Gasteiger partial charge in [-0.1, -0.05) is 23.7 Å². The van der Waals surface area contributed by atoms with E-state index in [9.17, 15) is 23.1 Å². The summed E-state index contributed by atoms with van der Waals surface area (Å²) in [6.07, 6.45) is 1.65. The van der Waals surface area contributed by atoms with Crippen LogP contribution in [0.5, 0.6) is 11.6 Å². The van der Waals surface area contributed by atoms with E-state index in [1.54, 1.807) is 18.2 Å². The van der Waals surface area contributed by atoms with Gasteiger partial charge in [0, 0.05) is 28.3 Å². The standard InChI is InChI=1S/C27H24ClF3N4O4/c28-17-5-4-16(19(29)12-17)14-38-23-3-1-2-20(33-23)15-8-10-35(11-9-15)13-22-32-21-7-6-18(26(36)37)25(24(21)34-22)39-27(30)31/h1-7,12,15,27H,8-11,13-14H2,(H,32,34)(H,36,37). The quantitative estimate of drug-likeness (QED) is 0.259. The summed E-state index contributed by atoms with van der Waals surface area (Å²) < 4.78 is 50.1. The molecule has 12 heteroatoms. The molecule has 1 aliphatic heterocycles. The molecule has 1 saturated heterocycles. The Balaban J connectivity index is 1.21. The zero-order valence-electron chi connectivity index (χ0n) is 20.5. The number of carboxylic acids is 1. The van der Waals surface area contributed by atoms with Crippen molar-refractivity contribution < 1.29 is 32.5 Å². The second-order valence-corrected chi connectivity index (χ2v) is 9.62. The Morgan fingerprint density at radius 3 is 2.67 bits per heavy atom. The van der Waals surface area contributed by atoms with Gasteiger partial charge in [0.2, 0.25) is 5.88 Å². The lowest BCUT2D eigenvalue weighted by Crippen LogP contribution is -2.33. The third-order valence-corrected chi connectivity index (χ3v) is 6.84. The lowest BCUT2D eigenvalue weighted by atomic mass is 9.93. The molecule has 0 radical (unpaired) electrons. The Bertz CT molecular complexity index is 1490. The van der Waals surface area contributed by atoms with Gasteiger partial charge in [-0.2, -0.15) is 8.78 Å². The molecule has 39 heavy (non-hydrogen) atoms. The summed E-state index contributed by atoms with van der Waals surface area (Å²) in [5.74, 6) is -1.13. The highest BCUT2D eigenvalue weighted by atomic mass is 35.5. The molecular formula is C27H24ClF3N4O4. The minimum absolute atomic E-state index is 0.0351. The van der Waals surface area contributed by atoms with Crippen LogP contribution in [0.25, 0.3) is 11.0 Å². The highest BCUT2D eigenvalue weighted by Crippen LogP contribution is 2.32. The number of rotatable bonds is 9. The number of likely N-dealkylation sites (tertiary alicyclic amines) is 1. The van der Waals surface area contributed by atoms with E-state index in [2.05, 4.69) is 24.6 Å². The second-order valence-electron chi connectivity index (χ2n) is 9.18. The maximum atomic E-state index is 14.0. The number of piperidine rings is 1. The van der Waals surface area contributed by atoms with E-state index < -0.39 is 24.1 Å². The Morgan fingerprint density at radius 2 is 1.95 bits per heavy atom. The molecule has 3 heterocycles. The molecule has 204 valence electrons. The minimum atomic E-state index is -3.18. The normalized spacial score (nSPS) is 14.7. The van der Waals surface area contributed by atoms with Gasteiger partial charge in [0.1, 0.15) is 29.3 Å². The van der Waals surface area contributed by atoms with Crippen LogP contribution in [0, 0.1) is 5.82 Å². The average Bonchev–Trinajstić information content (AvgIpc) is 3.31. The van der Waals surface area contributed by atoms with Crippen molar-refractivity contribution in [3.05, 3.63) is 82.0 Å². The van der Waals surface area contributed by atoms with Crippen molar-refractivity contribution in [1.29, 1.82) is 0 Å². The molecule has 1 aliphatic rings. The molecule has 0 bridgehead atoms. The Hall–Kier alpha value is -3.83. The van der Waals surface area contributed by atoms with Crippen LogP contribution in [-0.2, 0) is 13.2 Å². The first kappa shape index (κ1) is 26.8. The fourth-order valence-corrected chi connectivity index (χ4v) is 4.84. The highest BCUT2D eigenvalue weighted by Gasteiger charge is 2.25. The van der Waals surface area contributed by atoms with Gasteiger partial charge < -0.3 is 19.6 Å². The number of nitrogens with one attached hydrogen (secondary N) is 1. The SMILES string of the molecule is O=C(O)c1ccc2[nH]c(CN3CCC(c4cccc(OCc5ccc(Cl)cc5F)n4)CC3)nc2c1OC(F)F. The average molecular weight is 561 g/mol. The van der Waals surface area contributed by atoms with Crippen molar-refractivity contribution in [3.8, 4) is 11.6 Å². The van der Waals surface area contributed by atoms with Crippen LogP contribution in [0.4, 0.5) is 13.2 Å². The predicted molar refractivity (Wildman–Crippen MR) is 137 cm³/mol. The number of aromatic amines is 1. The molecule has 2 aromatic heterocycles. The summed E-state index contributed by atoms with van der Waals surface area (Å²) >= 11 is 5.80. The number of halogens is 4. The van der Waals surface area contributed by atoms with Gasteiger partial charge in [-0.05, 0) is 56.3 Å². The van der Waals surface area contributed by atoms with E-state index in [4.69, 9.17) is 16.3 Å². The number of hydrogen-bond acceptors (Lipinski definition) is 6. The largest absolute Gasteiger partial charge is 0.478 e. The number of alkyl halides is 2. The van der Waals surface area contributed by atoms with Gasteiger partial charge in [-0.15, -0.1) is 0 Å². The molecule has 5 rings (SSSR count). The van der Waals surface area contributed by atoms with Crippen LogP contribution in [0.2, 0.25) is 5.02 Å². The first-order valence-corrected chi connectivity index (χ1v) is 12.6. The number of aromatic nitrogens is 3. The summed E-state index contributed by atoms with van der Waals surface area (Å²) in [6, 6.07) is 12.7. The topological polar surface area (TPSA) is 101 Å². The third kappa shape index (κ3) is 6.26. The van der Waals surface area contributed by atoms with Crippen LogP contribution in [0.3, 0.4) is 0 Å². The van der Waals surface area contributed by atoms with Crippen molar-refractivity contribution in [2.45, 2.75) is 38.5 Å². The molecule has 1 fully saturated rings. The highest BCUT2D eigenvalue weighted by molar-refractivity contribution is 6.30. The van der Waals surface area contributed by atoms with Crippen molar-refractivity contribution in [3.63, 3.8) is 0 Å². The fourth-order valence-electron chi connectivity index (χ4n) is 4.68. The first-order chi connectivity index (χ1) is 18.8. The van der Waals surface area contributed by atoms with Crippen LogP contribution >= 0.6 is 11.6 Å². The molecule has 0 atom stereocenters. The van der Waals surface area contributed by atoms with Gasteiger partial charge in [0.25, 0.3) is 0 Å². The molecule has 8 nitrogen and oxygen atoms in total. The second kappa shape index (κ2) is 11.5. The monoisotopic (exact) mass is 560 g/mol. The first-order valence-electron chi connectivity index (χ1n) is 12.2. The number of carboxylic acid groups (broad SMARTS) is 1. The molecule has 4 aromatic rings. The maximum Gasteiger partial charge on any atom is 0.387 e. The van der Waals surface area contributed by atoms with Crippen LogP contribution in [0.1, 0.15) is 46.2 Å². The van der Waals surface area contributed by atoms with E-state index >= 15 is 0 Å². The molecule has 0 spiro atoms. The van der Waals surface area contributed by atoms with E-state index in [1.807, 2.05) is 12.1 Å². The number of imidazole rings is 1. The number of aromatic carboxylic acids is 1. The molecule has 2 aromatic carbocycles. The third-order valence-electron chi connectivity index (χ3n) is 6.61.